The third kappa shape index (κ3) is 4.58. The van der Waals surface area contributed by atoms with Crippen LogP contribution >= 0.6 is 0 Å². The van der Waals surface area contributed by atoms with Crippen molar-refractivity contribution in [1.82, 2.24) is 4.98 Å². The largest absolute Gasteiger partial charge is 0.497 e. The highest BCUT2D eigenvalue weighted by molar-refractivity contribution is 5.56. The van der Waals surface area contributed by atoms with Gasteiger partial charge in [-0.1, -0.05) is 12.5 Å². The summed E-state index contributed by atoms with van der Waals surface area (Å²) in [4.78, 5) is 4.68. The predicted octanol–water partition coefficient (Wildman–Crippen LogP) is 5.30. The Hall–Kier alpha value is -1.85. The molecule has 1 aromatic heterocycles. The maximum atomic E-state index is 6.26. The minimum atomic E-state index is 0.292. The zero-order valence-electron chi connectivity index (χ0n) is 17.0. The molecule has 2 fully saturated rings. The van der Waals surface area contributed by atoms with Gasteiger partial charge >= 0.3 is 0 Å². The average Bonchev–Trinajstić information content (AvgIpc) is 3.14. The molecule has 3 atom stereocenters. The zero-order valence-corrected chi connectivity index (χ0v) is 17.0. The van der Waals surface area contributed by atoms with Crippen LogP contribution in [-0.4, -0.2) is 30.9 Å². The monoisotopic (exact) mass is 385 g/mol. The van der Waals surface area contributed by atoms with Crippen LogP contribution in [0, 0.1) is 12.8 Å². The van der Waals surface area contributed by atoms with E-state index in [1.54, 1.807) is 7.11 Å². The summed E-state index contributed by atoms with van der Waals surface area (Å²) in [6.45, 7) is 3.38. The van der Waals surface area contributed by atoms with Gasteiger partial charge in [-0.2, -0.15) is 0 Å². The number of hydrogen-bond donors (Lipinski definition) is 0. The molecule has 5 heteroatoms. The van der Waals surface area contributed by atoms with Crippen molar-refractivity contribution < 1.29 is 18.6 Å². The second-order valence-electron chi connectivity index (χ2n) is 8.02. The zero-order chi connectivity index (χ0) is 19.3. The van der Waals surface area contributed by atoms with Crippen LogP contribution in [0.4, 0.5) is 0 Å². The Bertz CT molecular complexity index is 766. The van der Waals surface area contributed by atoms with Gasteiger partial charge in [0, 0.05) is 12.2 Å². The van der Waals surface area contributed by atoms with Crippen LogP contribution in [0.3, 0.4) is 0 Å². The lowest BCUT2D eigenvalue weighted by atomic mass is 9.81. The Labute approximate surface area is 167 Å². The summed E-state index contributed by atoms with van der Waals surface area (Å²) >= 11 is 0. The molecule has 2 heterocycles. The third-order valence-corrected chi connectivity index (χ3v) is 6.07. The second-order valence-corrected chi connectivity index (χ2v) is 8.02. The highest BCUT2D eigenvalue weighted by Crippen LogP contribution is 2.34. The fourth-order valence-electron chi connectivity index (χ4n) is 4.45. The van der Waals surface area contributed by atoms with Crippen molar-refractivity contribution in [3.8, 4) is 17.2 Å². The van der Waals surface area contributed by atoms with E-state index in [0.29, 0.717) is 30.6 Å². The molecule has 0 radical (unpaired) electrons. The molecule has 0 spiro atoms. The molecule has 0 amide bonds. The van der Waals surface area contributed by atoms with Gasteiger partial charge in [0.25, 0.3) is 0 Å². The first-order chi connectivity index (χ1) is 13.7. The molecule has 1 saturated heterocycles. The summed E-state index contributed by atoms with van der Waals surface area (Å²) in [6, 6.07) is 7.78. The van der Waals surface area contributed by atoms with Crippen LogP contribution < -0.4 is 4.74 Å². The van der Waals surface area contributed by atoms with Gasteiger partial charge in [0.15, 0.2) is 0 Å². The number of rotatable bonds is 6. The van der Waals surface area contributed by atoms with E-state index in [1.165, 1.54) is 32.1 Å². The van der Waals surface area contributed by atoms with Crippen molar-refractivity contribution in [1.29, 1.82) is 0 Å². The molecular formula is C23H31NO4. The molecule has 2 aliphatic rings. The van der Waals surface area contributed by atoms with Gasteiger partial charge in [0.05, 0.1) is 25.9 Å². The molecule has 1 aliphatic heterocycles. The fourth-order valence-corrected chi connectivity index (χ4v) is 4.45. The molecular weight excluding hydrogens is 354 g/mol. The van der Waals surface area contributed by atoms with E-state index in [-0.39, 0.29) is 0 Å². The molecule has 28 heavy (non-hydrogen) atoms. The Kier molecular flexibility index (Phi) is 6.33. The number of hydrogen-bond acceptors (Lipinski definition) is 5. The SMILES string of the molecule is COc1cccc(-c2nc(COC3CCCC(C4CCCCO4)C3)c(C)o2)c1. The molecule has 2 aromatic rings. The van der Waals surface area contributed by atoms with Crippen LogP contribution in [0.15, 0.2) is 28.7 Å². The summed E-state index contributed by atoms with van der Waals surface area (Å²) in [7, 11) is 1.66. The van der Waals surface area contributed by atoms with Crippen molar-refractivity contribution in [3.63, 3.8) is 0 Å². The van der Waals surface area contributed by atoms with Crippen molar-refractivity contribution in [2.75, 3.05) is 13.7 Å². The first-order valence-electron chi connectivity index (χ1n) is 10.6. The summed E-state index contributed by atoms with van der Waals surface area (Å²) in [6.07, 6.45) is 9.18. The van der Waals surface area contributed by atoms with E-state index in [0.717, 1.165) is 42.2 Å². The average molecular weight is 386 g/mol. The first kappa shape index (κ1) is 19.5. The number of oxazole rings is 1. The third-order valence-electron chi connectivity index (χ3n) is 6.07. The molecule has 4 rings (SSSR count). The smallest absolute Gasteiger partial charge is 0.226 e. The van der Waals surface area contributed by atoms with Crippen LogP contribution in [0.5, 0.6) is 5.75 Å². The van der Waals surface area contributed by atoms with E-state index >= 15 is 0 Å². The van der Waals surface area contributed by atoms with E-state index in [4.69, 9.17) is 18.6 Å². The van der Waals surface area contributed by atoms with E-state index in [9.17, 15) is 0 Å². The number of nitrogens with zero attached hydrogens (tertiary/aromatic N) is 1. The van der Waals surface area contributed by atoms with Gasteiger partial charge in [0.1, 0.15) is 17.2 Å². The van der Waals surface area contributed by atoms with Gasteiger partial charge in [-0.15, -0.1) is 0 Å². The number of aromatic nitrogens is 1. The van der Waals surface area contributed by atoms with Gasteiger partial charge in [0.2, 0.25) is 5.89 Å². The summed E-state index contributed by atoms with van der Waals surface area (Å²) < 4.78 is 23.5. The van der Waals surface area contributed by atoms with E-state index in [2.05, 4.69) is 4.98 Å². The van der Waals surface area contributed by atoms with Crippen LogP contribution in [0.1, 0.15) is 56.4 Å². The normalized spacial score (nSPS) is 25.6. The van der Waals surface area contributed by atoms with Crippen LogP contribution in [-0.2, 0) is 16.1 Å². The molecule has 1 aromatic carbocycles. The topological polar surface area (TPSA) is 53.7 Å². The van der Waals surface area contributed by atoms with Crippen molar-refractivity contribution in [3.05, 3.63) is 35.7 Å². The number of methoxy groups -OCH3 is 1. The lowest BCUT2D eigenvalue weighted by molar-refractivity contribution is -0.0649. The molecule has 3 unspecified atom stereocenters. The van der Waals surface area contributed by atoms with Gasteiger partial charge < -0.3 is 18.6 Å². The van der Waals surface area contributed by atoms with Crippen molar-refractivity contribution in [2.24, 2.45) is 5.92 Å². The van der Waals surface area contributed by atoms with Crippen LogP contribution in [0.25, 0.3) is 11.5 Å². The summed E-state index contributed by atoms with van der Waals surface area (Å²) in [5, 5.41) is 0. The quantitative estimate of drug-likeness (QED) is 0.675. The highest BCUT2D eigenvalue weighted by Gasteiger charge is 2.30. The van der Waals surface area contributed by atoms with Crippen molar-refractivity contribution in [2.45, 2.75) is 70.7 Å². The second kappa shape index (κ2) is 9.10. The Morgan fingerprint density at radius 1 is 1.14 bits per heavy atom. The van der Waals surface area contributed by atoms with Crippen molar-refractivity contribution >= 4 is 0 Å². The molecule has 0 bridgehead atoms. The minimum absolute atomic E-state index is 0.292. The first-order valence-corrected chi connectivity index (χ1v) is 10.6. The molecule has 5 nitrogen and oxygen atoms in total. The molecule has 152 valence electrons. The van der Waals surface area contributed by atoms with Gasteiger partial charge in [-0.05, 0) is 69.6 Å². The molecule has 0 N–H and O–H groups in total. The summed E-state index contributed by atoms with van der Waals surface area (Å²) in [5.41, 5.74) is 1.80. The predicted molar refractivity (Wildman–Crippen MR) is 107 cm³/mol. The maximum Gasteiger partial charge on any atom is 0.226 e. The van der Waals surface area contributed by atoms with Crippen LogP contribution in [0.2, 0.25) is 0 Å². The van der Waals surface area contributed by atoms with Gasteiger partial charge in [-0.25, -0.2) is 4.98 Å². The number of ether oxygens (including phenoxy) is 3. The molecule has 1 aliphatic carbocycles. The Balaban J connectivity index is 1.36. The fraction of sp³-hybridized carbons (Fsp3) is 0.609. The highest BCUT2D eigenvalue weighted by atomic mass is 16.5. The van der Waals surface area contributed by atoms with Gasteiger partial charge in [-0.3, -0.25) is 0 Å². The maximum absolute atomic E-state index is 6.26. The number of aryl methyl sites for hydroxylation is 1. The lowest BCUT2D eigenvalue weighted by Crippen LogP contribution is -2.34. The Morgan fingerprint density at radius 3 is 2.89 bits per heavy atom. The lowest BCUT2D eigenvalue weighted by Gasteiger charge is -2.36. The number of benzene rings is 1. The minimum Gasteiger partial charge on any atom is -0.497 e. The Morgan fingerprint density at radius 2 is 2.07 bits per heavy atom. The molecule has 1 saturated carbocycles. The van der Waals surface area contributed by atoms with E-state index in [1.807, 2.05) is 31.2 Å². The summed E-state index contributed by atoms with van der Waals surface area (Å²) in [5.74, 6) is 2.88. The standard InChI is InChI=1S/C23H31NO4/c1-16-21(24-23(28-16)18-8-6-9-19(14-18)25-2)15-27-20-10-5-7-17(13-20)22-11-3-4-12-26-22/h6,8-9,14,17,20,22H,3-5,7,10-13,15H2,1-2H3. The van der Waals surface area contributed by atoms with E-state index < -0.39 is 0 Å².